The molecule has 0 amide bonds. The third-order valence-electron chi connectivity index (χ3n) is 4.02. The fourth-order valence-corrected chi connectivity index (χ4v) is 2.53. The Balaban J connectivity index is 2.12. The van der Waals surface area contributed by atoms with Crippen molar-refractivity contribution in [3.63, 3.8) is 0 Å². The summed E-state index contributed by atoms with van der Waals surface area (Å²) in [5, 5.41) is 9.54. The molecule has 0 saturated heterocycles. The topological polar surface area (TPSA) is 38.7 Å². The maximum absolute atomic E-state index is 9.54. The van der Waals surface area contributed by atoms with Crippen LogP contribution < -0.4 is 9.47 Å². The first-order valence-corrected chi connectivity index (χ1v) is 7.16. The summed E-state index contributed by atoms with van der Waals surface area (Å²) in [7, 11) is 1.67. The molecular weight excluding hydrogens is 240 g/mol. The minimum Gasteiger partial charge on any atom is -0.493 e. The lowest BCUT2D eigenvalue weighted by atomic mass is 9.98. The van der Waals surface area contributed by atoms with Crippen LogP contribution >= 0.6 is 0 Å². The van der Waals surface area contributed by atoms with E-state index in [2.05, 4.69) is 26.0 Å². The average molecular weight is 264 g/mol. The first-order valence-electron chi connectivity index (χ1n) is 7.16. The summed E-state index contributed by atoms with van der Waals surface area (Å²) in [4.78, 5) is 0. The van der Waals surface area contributed by atoms with Crippen molar-refractivity contribution in [3.05, 3.63) is 23.8 Å². The molecule has 106 valence electrons. The molecule has 0 radical (unpaired) electrons. The number of hydrogen-bond donors (Lipinski definition) is 1. The third-order valence-corrected chi connectivity index (χ3v) is 4.02. The van der Waals surface area contributed by atoms with E-state index in [-0.39, 0.29) is 12.2 Å². The Kier molecular flexibility index (Phi) is 4.70. The smallest absolute Gasteiger partial charge is 0.161 e. The number of benzene rings is 1. The third kappa shape index (κ3) is 3.41. The second kappa shape index (κ2) is 6.29. The Morgan fingerprint density at radius 3 is 2.68 bits per heavy atom. The van der Waals surface area contributed by atoms with Crippen molar-refractivity contribution >= 4 is 0 Å². The van der Waals surface area contributed by atoms with Crippen LogP contribution in [0.4, 0.5) is 0 Å². The van der Waals surface area contributed by atoms with Crippen LogP contribution in [-0.2, 0) is 0 Å². The van der Waals surface area contributed by atoms with Gasteiger partial charge in [0.1, 0.15) is 6.10 Å². The molecule has 3 unspecified atom stereocenters. The van der Waals surface area contributed by atoms with Crippen LogP contribution in [0.3, 0.4) is 0 Å². The van der Waals surface area contributed by atoms with Crippen LogP contribution in [0.25, 0.3) is 0 Å². The second-order valence-corrected chi connectivity index (χ2v) is 5.43. The van der Waals surface area contributed by atoms with E-state index in [1.165, 1.54) is 5.56 Å². The van der Waals surface area contributed by atoms with Crippen LogP contribution in [0.1, 0.15) is 51.0 Å². The Morgan fingerprint density at radius 1 is 1.32 bits per heavy atom. The van der Waals surface area contributed by atoms with Gasteiger partial charge in [-0.25, -0.2) is 0 Å². The molecule has 1 fully saturated rings. The first-order chi connectivity index (χ1) is 9.13. The summed E-state index contributed by atoms with van der Waals surface area (Å²) < 4.78 is 11.4. The zero-order valence-corrected chi connectivity index (χ0v) is 12.1. The molecule has 0 aliphatic heterocycles. The van der Waals surface area contributed by atoms with Crippen molar-refractivity contribution in [2.24, 2.45) is 0 Å². The molecule has 1 aliphatic rings. The van der Waals surface area contributed by atoms with E-state index in [1.807, 2.05) is 6.07 Å². The Bertz CT molecular complexity index is 416. The first kappa shape index (κ1) is 14.2. The van der Waals surface area contributed by atoms with Crippen LogP contribution in [-0.4, -0.2) is 24.4 Å². The lowest BCUT2D eigenvalue weighted by Gasteiger charge is -2.18. The molecule has 0 heterocycles. The SMILES string of the molecule is CCC(C)c1ccc(OC2CCC(O)C2)c(OC)c1. The molecule has 2 rings (SSSR count). The number of aliphatic hydroxyl groups excluding tert-OH is 1. The fraction of sp³-hybridized carbons (Fsp3) is 0.625. The molecule has 1 N–H and O–H groups in total. The largest absolute Gasteiger partial charge is 0.493 e. The van der Waals surface area contributed by atoms with Gasteiger partial charge in [-0.15, -0.1) is 0 Å². The molecule has 3 atom stereocenters. The van der Waals surface area contributed by atoms with Crippen molar-refractivity contribution < 1.29 is 14.6 Å². The van der Waals surface area contributed by atoms with Crippen molar-refractivity contribution in [1.82, 2.24) is 0 Å². The maximum atomic E-state index is 9.54. The molecule has 1 aromatic carbocycles. The van der Waals surface area contributed by atoms with E-state index < -0.39 is 0 Å². The zero-order chi connectivity index (χ0) is 13.8. The van der Waals surface area contributed by atoms with E-state index in [0.717, 1.165) is 37.2 Å². The van der Waals surface area contributed by atoms with Gasteiger partial charge in [-0.05, 0) is 42.9 Å². The molecule has 0 aromatic heterocycles. The normalized spacial score (nSPS) is 24.2. The number of methoxy groups -OCH3 is 1. The predicted octanol–water partition coefficient (Wildman–Crippen LogP) is 3.50. The van der Waals surface area contributed by atoms with Crippen molar-refractivity contribution in [2.75, 3.05) is 7.11 Å². The van der Waals surface area contributed by atoms with Crippen molar-refractivity contribution in [1.29, 1.82) is 0 Å². The molecule has 1 saturated carbocycles. The van der Waals surface area contributed by atoms with Crippen LogP contribution in [0.2, 0.25) is 0 Å². The molecule has 19 heavy (non-hydrogen) atoms. The van der Waals surface area contributed by atoms with Gasteiger partial charge in [-0.3, -0.25) is 0 Å². The van der Waals surface area contributed by atoms with Gasteiger partial charge < -0.3 is 14.6 Å². The standard InChI is InChI=1S/C16H24O3/c1-4-11(2)12-5-8-15(16(9-12)18-3)19-14-7-6-13(17)10-14/h5,8-9,11,13-14,17H,4,6-7,10H2,1-3H3. The predicted molar refractivity (Wildman–Crippen MR) is 76.0 cm³/mol. The molecule has 3 heteroatoms. The summed E-state index contributed by atoms with van der Waals surface area (Å²) in [6.07, 6.45) is 3.47. The number of hydrogen-bond acceptors (Lipinski definition) is 3. The van der Waals surface area contributed by atoms with Crippen LogP contribution in [0, 0.1) is 0 Å². The van der Waals surface area contributed by atoms with Crippen molar-refractivity contribution in [3.8, 4) is 11.5 Å². The zero-order valence-electron chi connectivity index (χ0n) is 12.1. The summed E-state index contributed by atoms with van der Waals surface area (Å²) >= 11 is 0. The van der Waals surface area contributed by atoms with E-state index in [1.54, 1.807) is 7.11 Å². The minimum absolute atomic E-state index is 0.110. The average Bonchev–Trinajstić information content (AvgIpc) is 2.83. The highest BCUT2D eigenvalue weighted by Gasteiger charge is 2.25. The van der Waals surface area contributed by atoms with Gasteiger partial charge in [0.05, 0.1) is 13.2 Å². The van der Waals surface area contributed by atoms with Crippen LogP contribution in [0.5, 0.6) is 11.5 Å². The van der Waals surface area contributed by atoms with E-state index >= 15 is 0 Å². The summed E-state index contributed by atoms with van der Waals surface area (Å²) in [6.45, 7) is 4.39. The Hall–Kier alpha value is -1.22. The highest BCUT2D eigenvalue weighted by atomic mass is 16.5. The van der Waals surface area contributed by atoms with Gasteiger partial charge in [0.15, 0.2) is 11.5 Å². The quantitative estimate of drug-likeness (QED) is 0.884. The number of ether oxygens (including phenoxy) is 2. The van der Waals surface area contributed by atoms with Crippen molar-refractivity contribution in [2.45, 2.75) is 57.7 Å². The highest BCUT2D eigenvalue weighted by molar-refractivity contribution is 5.44. The van der Waals surface area contributed by atoms with E-state index in [0.29, 0.717) is 5.92 Å². The lowest BCUT2D eigenvalue weighted by molar-refractivity contribution is 0.147. The molecule has 3 nitrogen and oxygen atoms in total. The van der Waals surface area contributed by atoms with Gasteiger partial charge in [0.2, 0.25) is 0 Å². The summed E-state index contributed by atoms with van der Waals surface area (Å²) in [6, 6.07) is 6.16. The van der Waals surface area contributed by atoms with Gasteiger partial charge >= 0.3 is 0 Å². The summed E-state index contributed by atoms with van der Waals surface area (Å²) in [5.74, 6) is 2.10. The molecule has 1 aromatic rings. The van der Waals surface area contributed by atoms with Crippen LogP contribution in [0.15, 0.2) is 18.2 Å². The van der Waals surface area contributed by atoms with Gasteiger partial charge in [0.25, 0.3) is 0 Å². The Labute approximate surface area is 115 Å². The molecule has 1 aliphatic carbocycles. The highest BCUT2D eigenvalue weighted by Crippen LogP contribution is 2.34. The summed E-state index contributed by atoms with van der Waals surface area (Å²) in [5.41, 5.74) is 1.28. The van der Waals surface area contributed by atoms with Gasteiger partial charge in [-0.2, -0.15) is 0 Å². The van der Waals surface area contributed by atoms with E-state index in [4.69, 9.17) is 9.47 Å². The van der Waals surface area contributed by atoms with Gasteiger partial charge in [0, 0.05) is 6.42 Å². The lowest BCUT2D eigenvalue weighted by Crippen LogP contribution is -2.14. The molecule has 0 spiro atoms. The number of rotatable bonds is 5. The minimum atomic E-state index is -0.213. The Morgan fingerprint density at radius 2 is 2.11 bits per heavy atom. The fourth-order valence-electron chi connectivity index (χ4n) is 2.53. The second-order valence-electron chi connectivity index (χ2n) is 5.43. The van der Waals surface area contributed by atoms with E-state index in [9.17, 15) is 5.11 Å². The van der Waals surface area contributed by atoms with Gasteiger partial charge in [-0.1, -0.05) is 19.9 Å². The number of aliphatic hydroxyl groups is 1. The monoisotopic (exact) mass is 264 g/mol. The molecular formula is C16H24O3. The molecule has 0 bridgehead atoms. The maximum Gasteiger partial charge on any atom is 0.161 e.